The summed E-state index contributed by atoms with van der Waals surface area (Å²) >= 11 is 0. The van der Waals surface area contributed by atoms with Crippen molar-refractivity contribution in [1.29, 1.82) is 5.26 Å². The van der Waals surface area contributed by atoms with E-state index in [1.54, 1.807) is 18.2 Å². The van der Waals surface area contributed by atoms with Gasteiger partial charge in [-0.25, -0.2) is 4.98 Å². The maximum absolute atomic E-state index is 12.7. The average molecular weight is 303 g/mol. The Morgan fingerprint density at radius 2 is 1.86 bits per heavy atom. The molecule has 2 aliphatic rings. The van der Waals surface area contributed by atoms with Crippen LogP contribution in [0.5, 0.6) is 0 Å². The summed E-state index contributed by atoms with van der Waals surface area (Å²) < 4.78 is 38.1. The number of halogens is 3. The second-order valence-electron chi connectivity index (χ2n) is 5.99. The molecule has 1 saturated heterocycles. The van der Waals surface area contributed by atoms with Gasteiger partial charge in [0, 0.05) is 18.5 Å². The van der Waals surface area contributed by atoms with Gasteiger partial charge in [0.15, 0.2) is 0 Å². The highest BCUT2D eigenvalue weighted by Crippen LogP contribution is 2.59. The predicted octanol–water partition coefficient (Wildman–Crippen LogP) is 3.35. The maximum Gasteiger partial charge on any atom is 0.392 e. The standard InChI is InChI=1S/C16H12F3N3/c17-16(18,19)15-11-7-22(8-12(11)15)14-4-2-10-5-9(6-20)1-3-13(10)21-14/h1-5,11-12,15H,7-8H2/t11-,12+,15-. The van der Waals surface area contributed by atoms with Gasteiger partial charge in [0.1, 0.15) is 5.82 Å². The Morgan fingerprint density at radius 3 is 2.50 bits per heavy atom. The highest BCUT2D eigenvalue weighted by Gasteiger charge is 2.67. The number of rotatable bonds is 1. The second-order valence-corrected chi connectivity index (χ2v) is 5.99. The molecule has 1 saturated carbocycles. The van der Waals surface area contributed by atoms with Crippen molar-refractivity contribution in [3.05, 3.63) is 35.9 Å². The Hall–Kier alpha value is -2.29. The molecular formula is C16H12F3N3. The van der Waals surface area contributed by atoms with E-state index >= 15 is 0 Å². The number of piperidine rings is 1. The number of nitrogens with zero attached hydrogens (tertiary/aromatic N) is 3. The van der Waals surface area contributed by atoms with Gasteiger partial charge in [0.25, 0.3) is 0 Å². The third-order valence-corrected chi connectivity index (χ3v) is 4.70. The molecule has 1 aliphatic heterocycles. The second kappa shape index (κ2) is 4.35. The molecule has 0 radical (unpaired) electrons. The van der Waals surface area contributed by atoms with Crippen LogP contribution in [0.2, 0.25) is 0 Å². The normalized spacial score (nSPS) is 26.8. The number of alkyl halides is 3. The Labute approximate surface area is 125 Å². The minimum absolute atomic E-state index is 0.279. The lowest BCUT2D eigenvalue weighted by Crippen LogP contribution is -2.28. The monoisotopic (exact) mass is 303 g/mol. The van der Waals surface area contributed by atoms with Crippen molar-refractivity contribution in [2.75, 3.05) is 18.0 Å². The van der Waals surface area contributed by atoms with Crippen molar-refractivity contribution in [2.45, 2.75) is 6.18 Å². The maximum atomic E-state index is 12.7. The van der Waals surface area contributed by atoms with Gasteiger partial charge in [-0.15, -0.1) is 0 Å². The minimum atomic E-state index is -4.06. The van der Waals surface area contributed by atoms with Gasteiger partial charge < -0.3 is 4.90 Å². The molecule has 0 bridgehead atoms. The van der Waals surface area contributed by atoms with E-state index < -0.39 is 12.1 Å². The Morgan fingerprint density at radius 1 is 1.14 bits per heavy atom. The predicted molar refractivity (Wildman–Crippen MR) is 75.2 cm³/mol. The summed E-state index contributed by atoms with van der Waals surface area (Å²) in [5.74, 6) is -0.968. The Balaban J connectivity index is 1.56. The fourth-order valence-electron chi connectivity index (χ4n) is 3.56. The van der Waals surface area contributed by atoms with E-state index in [-0.39, 0.29) is 11.8 Å². The van der Waals surface area contributed by atoms with Crippen molar-refractivity contribution in [3.63, 3.8) is 0 Å². The number of anilines is 1. The van der Waals surface area contributed by atoms with Crippen LogP contribution in [0.15, 0.2) is 30.3 Å². The largest absolute Gasteiger partial charge is 0.392 e. The van der Waals surface area contributed by atoms with Gasteiger partial charge in [0.2, 0.25) is 0 Å². The van der Waals surface area contributed by atoms with Gasteiger partial charge in [-0.3, -0.25) is 0 Å². The topological polar surface area (TPSA) is 39.9 Å². The molecule has 1 aliphatic carbocycles. The molecule has 22 heavy (non-hydrogen) atoms. The Kier molecular flexibility index (Phi) is 2.65. The van der Waals surface area contributed by atoms with Crippen LogP contribution in [0.25, 0.3) is 10.9 Å². The van der Waals surface area contributed by atoms with Crippen LogP contribution in [0.1, 0.15) is 5.56 Å². The quantitative estimate of drug-likeness (QED) is 0.811. The van der Waals surface area contributed by atoms with E-state index in [1.807, 2.05) is 17.0 Å². The molecule has 0 amide bonds. The van der Waals surface area contributed by atoms with Crippen LogP contribution in [0.3, 0.4) is 0 Å². The molecular weight excluding hydrogens is 291 g/mol. The molecule has 3 nitrogen and oxygen atoms in total. The van der Waals surface area contributed by atoms with E-state index in [1.165, 1.54) is 0 Å². The van der Waals surface area contributed by atoms with Gasteiger partial charge >= 0.3 is 6.18 Å². The zero-order valence-electron chi connectivity index (χ0n) is 11.5. The number of hydrogen-bond acceptors (Lipinski definition) is 3. The molecule has 112 valence electrons. The summed E-state index contributed by atoms with van der Waals surface area (Å²) in [4.78, 5) is 6.44. The lowest BCUT2D eigenvalue weighted by molar-refractivity contribution is -0.154. The third kappa shape index (κ3) is 2.00. The zero-order chi connectivity index (χ0) is 15.5. The van der Waals surface area contributed by atoms with E-state index in [0.29, 0.717) is 24.5 Å². The van der Waals surface area contributed by atoms with Crippen molar-refractivity contribution in [1.82, 2.24) is 4.98 Å². The molecule has 2 heterocycles. The summed E-state index contributed by atoms with van der Waals surface area (Å²) in [6.07, 6.45) is -4.06. The van der Waals surface area contributed by atoms with Gasteiger partial charge in [0.05, 0.1) is 23.1 Å². The van der Waals surface area contributed by atoms with E-state index in [9.17, 15) is 13.2 Å². The van der Waals surface area contributed by atoms with Crippen molar-refractivity contribution in [3.8, 4) is 6.07 Å². The molecule has 2 aromatic rings. The Bertz CT molecular complexity index is 781. The first-order valence-corrected chi connectivity index (χ1v) is 7.10. The smallest absolute Gasteiger partial charge is 0.356 e. The van der Waals surface area contributed by atoms with Crippen molar-refractivity contribution >= 4 is 16.7 Å². The molecule has 4 rings (SSSR count). The van der Waals surface area contributed by atoms with Crippen molar-refractivity contribution in [2.24, 2.45) is 17.8 Å². The summed E-state index contributed by atoms with van der Waals surface area (Å²) in [5, 5.41) is 9.74. The first-order chi connectivity index (χ1) is 10.5. The van der Waals surface area contributed by atoms with Gasteiger partial charge in [-0.2, -0.15) is 18.4 Å². The minimum Gasteiger partial charge on any atom is -0.356 e. The summed E-state index contributed by atoms with van der Waals surface area (Å²) in [7, 11) is 0. The summed E-state index contributed by atoms with van der Waals surface area (Å²) in [6, 6.07) is 11.0. The number of benzene rings is 1. The molecule has 0 N–H and O–H groups in total. The number of hydrogen-bond donors (Lipinski definition) is 0. The van der Waals surface area contributed by atoms with Crippen LogP contribution in [0.4, 0.5) is 19.0 Å². The number of fused-ring (bicyclic) bond motifs is 2. The lowest BCUT2D eigenvalue weighted by atomic mass is 10.1. The summed E-state index contributed by atoms with van der Waals surface area (Å²) in [6.45, 7) is 0.841. The molecule has 1 aromatic carbocycles. The fourth-order valence-corrected chi connectivity index (χ4v) is 3.56. The number of aromatic nitrogens is 1. The van der Waals surface area contributed by atoms with Crippen LogP contribution >= 0.6 is 0 Å². The molecule has 0 unspecified atom stereocenters. The summed E-state index contributed by atoms with van der Waals surface area (Å²) in [5.41, 5.74) is 1.32. The van der Waals surface area contributed by atoms with Crippen LogP contribution in [-0.2, 0) is 0 Å². The highest BCUT2D eigenvalue weighted by atomic mass is 19.4. The van der Waals surface area contributed by atoms with E-state index in [2.05, 4.69) is 11.1 Å². The molecule has 2 fully saturated rings. The SMILES string of the molecule is N#Cc1ccc2nc(N3C[C@@H]4[C@H](C3)[C@@H]4C(F)(F)F)ccc2c1. The molecule has 6 heteroatoms. The van der Waals surface area contributed by atoms with Crippen LogP contribution in [0, 0.1) is 29.1 Å². The molecule has 0 spiro atoms. The van der Waals surface area contributed by atoms with E-state index in [0.717, 1.165) is 10.9 Å². The van der Waals surface area contributed by atoms with Crippen LogP contribution in [-0.4, -0.2) is 24.2 Å². The van der Waals surface area contributed by atoms with Crippen molar-refractivity contribution < 1.29 is 13.2 Å². The number of pyridine rings is 1. The third-order valence-electron chi connectivity index (χ3n) is 4.70. The highest BCUT2D eigenvalue weighted by molar-refractivity contribution is 5.81. The first kappa shape index (κ1) is 13.4. The first-order valence-electron chi connectivity index (χ1n) is 7.10. The van der Waals surface area contributed by atoms with Gasteiger partial charge in [-0.1, -0.05) is 0 Å². The fraction of sp³-hybridized carbons (Fsp3) is 0.375. The molecule has 3 atom stereocenters. The number of nitriles is 1. The lowest BCUT2D eigenvalue weighted by Gasteiger charge is -2.22. The van der Waals surface area contributed by atoms with Gasteiger partial charge in [-0.05, 0) is 42.2 Å². The average Bonchev–Trinajstić information content (AvgIpc) is 3.03. The van der Waals surface area contributed by atoms with Crippen LogP contribution < -0.4 is 4.90 Å². The van der Waals surface area contributed by atoms with E-state index in [4.69, 9.17) is 5.26 Å². The molecule has 1 aromatic heterocycles. The zero-order valence-corrected chi connectivity index (χ0v) is 11.5.